The van der Waals surface area contributed by atoms with E-state index in [4.69, 9.17) is 9.73 Å². The van der Waals surface area contributed by atoms with Crippen LogP contribution < -0.4 is 5.32 Å². The van der Waals surface area contributed by atoms with E-state index in [0.717, 1.165) is 64.9 Å². The number of ether oxygens (including phenoxy) is 1. The number of rotatable bonds is 6. The first-order chi connectivity index (χ1) is 15.2. The molecule has 7 nitrogen and oxygen atoms in total. The standard InChI is InChI=1S/C23H36N6OS.HI/c1-4-25-23(28-9-7-18(2)21(16-28)29-10-8-24-17-29)26-15-20(22-6-5-19(3)31-22)27-11-13-30-14-12-27;/h5-6,8,10,17-18,20-21H,4,7,9,11-16H2,1-3H3,(H,25,26);1H. The molecule has 0 bridgehead atoms. The quantitative estimate of drug-likeness (QED) is 0.325. The van der Waals surface area contributed by atoms with Gasteiger partial charge in [0, 0.05) is 54.9 Å². The molecule has 3 atom stereocenters. The van der Waals surface area contributed by atoms with E-state index < -0.39 is 0 Å². The van der Waals surface area contributed by atoms with Crippen LogP contribution in [0.2, 0.25) is 0 Å². The third kappa shape index (κ3) is 6.24. The van der Waals surface area contributed by atoms with Crippen molar-refractivity contribution < 1.29 is 4.74 Å². The molecule has 2 aliphatic rings. The summed E-state index contributed by atoms with van der Waals surface area (Å²) in [6.07, 6.45) is 7.07. The molecule has 0 amide bonds. The third-order valence-corrected chi connectivity index (χ3v) is 7.55. The summed E-state index contributed by atoms with van der Waals surface area (Å²) >= 11 is 1.89. The summed E-state index contributed by atoms with van der Waals surface area (Å²) in [6.45, 7) is 13.9. The number of thiophene rings is 1. The fourth-order valence-electron chi connectivity index (χ4n) is 4.60. The zero-order valence-electron chi connectivity index (χ0n) is 19.4. The first-order valence-electron chi connectivity index (χ1n) is 11.5. The zero-order valence-corrected chi connectivity index (χ0v) is 22.6. The van der Waals surface area contributed by atoms with Crippen molar-refractivity contribution in [1.82, 2.24) is 24.7 Å². The summed E-state index contributed by atoms with van der Waals surface area (Å²) in [5, 5.41) is 3.56. The van der Waals surface area contributed by atoms with Crippen molar-refractivity contribution in [3.63, 3.8) is 0 Å². The van der Waals surface area contributed by atoms with E-state index >= 15 is 0 Å². The van der Waals surface area contributed by atoms with E-state index in [1.54, 1.807) is 0 Å². The van der Waals surface area contributed by atoms with Gasteiger partial charge in [0.2, 0.25) is 0 Å². The van der Waals surface area contributed by atoms with Crippen LogP contribution in [0.25, 0.3) is 0 Å². The van der Waals surface area contributed by atoms with Gasteiger partial charge in [-0.15, -0.1) is 35.3 Å². The van der Waals surface area contributed by atoms with Gasteiger partial charge < -0.3 is 19.5 Å². The molecule has 2 saturated heterocycles. The minimum atomic E-state index is 0. The predicted molar refractivity (Wildman–Crippen MR) is 142 cm³/mol. The van der Waals surface area contributed by atoms with Crippen molar-refractivity contribution >= 4 is 41.3 Å². The number of aryl methyl sites for hydroxylation is 1. The second kappa shape index (κ2) is 12.3. The number of guanidine groups is 1. The average molecular weight is 573 g/mol. The molecule has 0 aromatic carbocycles. The van der Waals surface area contributed by atoms with Crippen LogP contribution in [0.5, 0.6) is 0 Å². The lowest BCUT2D eigenvalue weighted by Crippen LogP contribution is -2.49. The lowest BCUT2D eigenvalue weighted by Gasteiger charge is -2.39. The molecule has 0 radical (unpaired) electrons. The number of hydrogen-bond donors (Lipinski definition) is 1. The molecule has 4 heterocycles. The maximum absolute atomic E-state index is 5.61. The lowest BCUT2D eigenvalue weighted by molar-refractivity contribution is 0.0186. The smallest absolute Gasteiger partial charge is 0.194 e. The maximum Gasteiger partial charge on any atom is 0.194 e. The van der Waals surface area contributed by atoms with Crippen LogP contribution in [-0.4, -0.2) is 77.8 Å². The van der Waals surface area contributed by atoms with Gasteiger partial charge in [-0.2, -0.15) is 0 Å². The summed E-state index contributed by atoms with van der Waals surface area (Å²) < 4.78 is 7.86. The number of imidazole rings is 1. The summed E-state index contributed by atoms with van der Waals surface area (Å²) in [6, 6.07) is 5.24. The van der Waals surface area contributed by atoms with Gasteiger partial charge in [0.25, 0.3) is 0 Å². The van der Waals surface area contributed by atoms with Gasteiger partial charge in [0.1, 0.15) is 0 Å². The van der Waals surface area contributed by atoms with Crippen molar-refractivity contribution in [2.24, 2.45) is 10.9 Å². The Balaban J connectivity index is 0.00000289. The molecule has 2 aromatic rings. The molecular weight excluding hydrogens is 535 g/mol. The van der Waals surface area contributed by atoms with Crippen molar-refractivity contribution in [3.05, 3.63) is 40.6 Å². The van der Waals surface area contributed by atoms with Crippen LogP contribution in [0.4, 0.5) is 0 Å². The highest BCUT2D eigenvalue weighted by Crippen LogP contribution is 2.30. The number of nitrogens with zero attached hydrogens (tertiary/aromatic N) is 5. The largest absolute Gasteiger partial charge is 0.379 e. The SMILES string of the molecule is CCNC(=NCC(c1ccc(C)s1)N1CCOCC1)N1CCC(C)C(n2ccnc2)C1.I. The molecule has 32 heavy (non-hydrogen) atoms. The van der Waals surface area contributed by atoms with Crippen molar-refractivity contribution in [2.75, 3.05) is 52.5 Å². The highest BCUT2D eigenvalue weighted by molar-refractivity contribution is 14.0. The Kier molecular flexibility index (Phi) is 9.81. The molecule has 4 rings (SSSR count). The highest BCUT2D eigenvalue weighted by Gasteiger charge is 2.30. The minimum Gasteiger partial charge on any atom is -0.379 e. The fourth-order valence-corrected chi connectivity index (χ4v) is 5.60. The maximum atomic E-state index is 5.61. The number of piperidine rings is 1. The van der Waals surface area contributed by atoms with Crippen molar-refractivity contribution in [3.8, 4) is 0 Å². The second-order valence-electron chi connectivity index (χ2n) is 8.60. The molecule has 0 spiro atoms. The molecule has 2 fully saturated rings. The predicted octanol–water partition coefficient (Wildman–Crippen LogP) is 3.79. The summed E-state index contributed by atoms with van der Waals surface area (Å²) in [5.41, 5.74) is 0. The van der Waals surface area contributed by atoms with Crippen molar-refractivity contribution in [2.45, 2.75) is 39.3 Å². The number of morpholine rings is 1. The molecule has 1 N–H and O–H groups in total. The van der Waals surface area contributed by atoms with E-state index in [1.807, 2.05) is 23.9 Å². The molecule has 9 heteroatoms. The van der Waals surface area contributed by atoms with E-state index in [2.05, 4.69) is 63.8 Å². The molecule has 178 valence electrons. The molecule has 2 aromatic heterocycles. The van der Waals surface area contributed by atoms with E-state index in [9.17, 15) is 0 Å². The number of hydrogen-bond acceptors (Lipinski definition) is 5. The fraction of sp³-hybridized carbons (Fsp3) is 0.652. The van der Waals surface area contributed by atoms with Gasteiger partial charge in [-0.3, -0.25) is 9.89 Å². The van der Waals surface area contributed by atoms with Gasteiger partial charge >= 0.3 is 0 Å². The minimum absolute atomic E-state index is 0. The van der Waals surface area contributed by atoms with E-state index in [-0.39, 0.29) is 24.0 Å². The van der Waals surface area contributed by atoms with Crippen LogP contribution in [0.3, 0.4) is 0 Å². The topological polar surface area (TPSA) is 57.9 Å². The number of aromatic nitrogens is 2. The summed E-state index contributed by atoms with van der Waals surface area (Å²) in [7, 11) is 0. The molecule has 0 saturated carbocycles. The Morgan fingerprint density at radius 2 is 2.12 bits per heavy atom. The Morgan fingerprint density at radius 3 is 2.78 bits per heavy atom. The van der Waals surface area contributed by atoms with Gasteiger partial charge in [0.15, 0.2) is 5.96 Å². The first-order valence-corrected chi connectivity index (χ1v) is 12.4. The second-order valence-corrected chi connectivity index (χ2v) is 9.92. The van der Waals surface area contributed by atoms with Crippen LogP contribution in [0.1, 0.15) is 42.1 Å². The van der Waals surface area contributed by atoms with Crippen LogP contribution in [0.15, 0.2) is 35.8 Å². The molecule has 2 aliphatic heterocycles. The van der Waals surface area contributed by atoms with Crippen molar-refractivity contribution in [1.29, 1.82) is 0 Å². The van der Waals surface area contributed by atoms with Crippen LogP contribution >= 0.6 is 35.3 Å². The van der Waals surface area contributed by atoms with E-state index in [1.165, 1.54) is 9.75 Å². The van der Waals surface area contributed by atoms with E-state index in [0.29, 0.717) is 18.0 Å². The highest BCUT2D eigenvalue weighted by atomic mass is 127. The Hall–Kier alpha value is -1.17. The summed E-state index contributed by atoms with van der Waals surface area (Å²) in [5.74, 6) is 1.66. The Labute approximate surface area is 213 Å². The number of nitrogens with one attached hydrogen (secondary N) is 1. The van der Waals surface area contributed by atoms with Gasteiger partial charge in [0.05, 0.1) is 38.2 Å². The zero-order chi connectivity index (χ0) is 21.6. The first kappa shape index (κ1) is 25.5. The molecular formula is C23H37IN6OS. The van der Waals surface area contributed by atoms with Crippen LogP contribution in [-0.2, 0) is 4.74 Å². The van der Waals surface area contributed by atoms with Gasteiger partial charge in [-0.25, -0.2) is 4.98 Å². The third-order valence-electron chi connectivity index (χ3n) is 6.45. The molecule has 3 unspecified atom stereocenters. The Morgan fingerprint density at radius 1 is 1.31 bits per heavy atom. The van der Waals surface area contributed by atoms with Crippen LogP contribution in [0, 0.1) is 12.8 Å². The number of halogens is 1. The normalized spacial score (nSPS) is 23.6. The monoisotopic (exact) mass is 572 g/mol. The molecule has 0 aliphatic carbocycles. The number of aliphatic imine (C=N–C) groups is 1. The number of likely N-dealkylation sites (tertiary alicyclic amines) is 1. The Bertz CT molecular complexity index is 835. The summed E-state index contributed by atoms with van der Waals surface area (Å²) in [4.78, 5) is 17.2. The lowest BCUT2D eigenvalue weighted by atomic mass is 9.93. The average Bonchev–Trinajstić information content (AvgIpc) is 3.47. The van der Waals surface area contributed by atoms with Gasteiger partial charge in [-0.05, 0) is 38.3 Å². The van der Waals surface area contributed by atoms with Gasteiger partial charge in [-0.1, -0.05) is 6.92 Å².